The van der Waals surface area contributed by atoms with E-state index < -0.39 is 0 Å². The molecule has 1 aromatic carbocycles. The Balaban J connectivity index is 2.87. The lowest BCUT2D eigenvalue weighted by molar-refractivity contribution is 0.459. The number of aromatic hydroxyl groups is 2. The van der Waals surface area contributed by atoms with Gasteiger partial charge in [-0.1, -0.05) is 0 Å². The minimum absolute atomic E-state index is 0.00537. The van der Waals surface area contributed by atoms with Crippen LogP contribution in [-0.2, 0) is 0 Å². The van der Waals surface area contributed by atoms with Gasteiger partial charge in [-0.05, 0) is 18.2 Å². The molecule has 7 heteroatoms. The molecule has 0 amide bonds. The summed E-state index contributed by atoms with van der Waals surface area (Å²) in [6, 6.07) is 4.03. The van der Waals surface area contributed by atoms with Crippen LogP contribution in [0.3, 0.4) is 0 Å². The number of phenols is 2. The Morgan fingerprint density at radius 2 is 2.06 bits per heavy atom. The Hall–Kier alpha value is -2.57. The Labute approximate surface area is 104 Å². The quantitative estimate of drug-likeness (QED) is 0.326. The van der Waals surface area contributed by atoms with Crippen molar-refractivity contribution in [3.05, 3.63) is 23.8 Å². The highest BCUT2D eigenvalue weighted by molar-refractivity contribution is 5.99. The SMILES string of the molecule is CN(C)C(=N)/N=C(N)/N=C/c1cc(O)ccc1O. The lowest BCUT2D eigenvalue weighted by atomic mass is 10.2. The maximum Gasteiger partial charge on any atom is 0.223 e. The van der Waals surface area contributed by atoms with Gasteiger partial charge in [-0.15, -0.1) is 0 Å². The van der Waals surface area contributed by atoms with E-state index in [-0.39, 0.29) is 23.4 Å². The standard InChI is InChI=1S/C11H15N5O2/c1-16(2)11(13)15-10(12)14-6-7-5-8(17)3-4-9(7)18/h3-6,17-18H,1-2H3,(H3,12,13,15)/b14-6+. The first kappa shape index (κ1) is 13.5. The van der Waals surface area contributed by atoms with Gasteiger partial charge in [0.25, 0.3) is 0 Å². The molecule has 0 radical (unpaired) electrons. The molecule has 7 nitrogen and oxygen atoms in total. The molecule has 0 aliphatic rings. The van der Waals surface area contributed by atoms with E-state index in [1.54, 1.807) is 14.1 Å². The molecule has 0 aliphatic carbocycles. The Bertz CT molecular complexity index is 508. The maximum absolute atomic E-state index is 9.48. The van der Waals surface area contributed by atoms with E-state index in [0.29, 0.717) is 5.56 Å². The highest BCUT2D eigenvalue weighted by atomic mass is 16.3. The van der Waals surface area contributed by atoms with Crippen LogP contribution < -0.4 is 5.73 Å². The van der Waals surface area contributed by atoms with E-state index in [2.05, 4.69) is 9.98 Å². The molecule has 0 saturated heterocycles. The highest BCUT2D eigenvalue weighted by Gasteiger charge is 2.00. The molecule has 0 saturated carbocycles. The Morgan fingerprint density at radius 1 is 1.39 bits per heavy atom. The maximum atomic E-state index is 9.48. The van der Waals surface area contributed by atoms with Crippen LogP contribution in [0, 0.1) is 5.41 Å². The molecule has 1 aromatic rings. The first-order chi connectivity index (χ1) is 8.40. The number of guanidine groups is 2. The van der Waals surface area contributed by atoms with Crippen LogP contribution in [0.15, 0.2) is 28.2 Å². The molecule has 0 unspecified atom stereocenters. The third-order valence-electron chi connectivity index (χ3n) is 1.99. The second-order valence-corrected chi connectivity index (χ2v) is 3.69. The number of rotatable bonds is 1. The van der Waals surface area contributed by atoms with Crippen molar-refractivity contribution < 1.29 is 10.2 Å². The normalized spacial score (nSPS) is 11.8. The minimum atomic E-state index is -0.114. The molecule has 0 spiro atoms. The fourth-order valence-electron chi connectivity index (χ4n) is 1.02. The molecule has 0 atom stereocenters. The number of nitrogens with one attached hydrogen (secondary N) is 1. The average molecular weight is 249 g/mol. The number of nitrogens with zero attached hydrogens (tertiary/aromatic N) is 3. The zero-order valence-electron chi connectivity index (χ0n) is 10.1. The molecule has 1 rings (SSSR count). The summed E-state index contributed by atoms with van der Waals surface area (Å²) in [5.74, 6) is -0.181. The van der Waals surface area contributed by atoms with Gasteiger partial charge in [-0.3, -0.25) is 5.41 Å². The number of hydrogen-bond acceptors (Lipinski definition) is 3. The minimum Gasteiger partial charge on any atom is -0.508 e. The van der Waals surface area contributed by atoms with Gasteiger partial charge < -0.3 is 20.8 Å². The highest BCUT2D eigenvalue weighted by Crippen LogP contribution is 2.19. The summed E-state index contributed by atoms with van der Waals surface area (Å²) < 4.78 is 0. The van der Waals surface area contributed by atoms with Crippen molar-refractivity contribution in [1.29, 1.82) is 5.41 Å². The summed E-state index contributed by atoms with van der Waals surface area (Å²) in [5.41, 5.74) is 5.80. The van der Waals surface area contributed by atoms with E-state index in [1.165, 1.54) is 29.3 Å². The van der Waals surface area contributed by atoms with Crippen LogP contribution in [0.1, 0.15) is 5.56 Å². The van der Waals surface area contributed by atoms with Gasteiger partial charge >= 0.3 is 0 Å². The largest absolute Gasteiger partial charge is 0.508 e. The summed E-state index contributed by atoms with van der Waals surface area (Å²) in [7, 11) is 3.31. The molecular formula is C11H15N5O2. The van der Waals surface area contributed by atoms with Gasteiger partial charge in [0.15, 0.2) is 0 Å². The van der Waals surface area contributed by atoms with Crippen molar-refractivity contribution in [3.63, 3.8) is 0 Å². The van der Waals surface area contributed by atoms with Crippen molar-refractivity contribution in [2.45, 2.75) is 0 Å². The molecule has 0 bridgehead atoms. The van der Waals surface area contributed by atoms with Crippen molar-refractivity contribution in [1.82, 2.24) is 4.90 Å². The summed E-state index contributed by atoms with van der Waals surface area (Å²) in [5, 5.41) is 26.2. The lowest BCUT2D eigenvalue weighted by Gasteiger charge is -2.07. The Kier molecular flexibility index (Phi) is 4.25. The molecule has 0 heterocycles. The number of benzene rings is 1. The molecule has 0 fully saturated rings. The van der Waals surface area contributed by atoms with E-state index in [4.69, 9.17) is 11.1 Å². The molecule has 96 valence electrons. The number of phenolic OH excluding ortho intramolecular Hbond substituents is 2. The monoisotopic (exact) mass is 249 g/mol. The first-order valence-corrected chi connectivity index (χ1v) is 5.06. The summed E-state index contributed by atoms with van der Waals surface area (Å²) in [4.78, 5) is 8.95. The van der Waals surface area contributed by atoms with E-state index in [1.807, 2.05) is 0 Å². The van der Waals surface area contributed by atoms with Gasteiger partial charge in [-0.2, -0.15) is 4.99 Å². The third-order valence-corrected chi connectivity index (χ3v) is 1.99. The lowest BCUT2D eigenvalue weighted by Crippen LogP contribution is -2.22. The van der Waals surface area contributed by atoms with E-state index in [0.717, 1.165) is 0 Å². The molecular weight excluding hydrogens is 234 g/mol. The number of hydrogen-bond donors (Lipinski definition) is 4. The topological polar surface area (TPSA) is 118 Å². The van der Waals surface area contributed by atoms with Crippen molar-refractivity contribution >= 4 is 18.1 Å². The van der Waals surface area contributed by atoms with Gasteiger partial charge in [0.1, 0.15) is 11.5 Å². The number of nitrogens with two attached hydrogens (primary N) is 1. The van der Waals surface area contributed by atoms with Crippen LogP contribution in [0.25, 0.3) is 0 Å². The van der Waals surface area contributed by atoms with Crippen LogP contribution in [-0.4, -0.2) is 47.3 Å². The van der Waals surface area contributed by atoms with Crippen LogP contribution in [0.2, 0.25) is 0 Å². The zero-order valence-corrected chi connectivity index (χ0v) is 10.1. The van der Waals surface area contributed by atoms with Crippen molar-refractivity contribution in [2.24, 2.45) is 15.7 Å². The summed E-state index contributed by atoms with van der Waals surface area (Å²) >= 11 is 0. The Morgan fingerprint density at radius 3 is 2.67 bits per heavy atom. The fourth-order valence-corrected chi connectivity index (χ4v) is 1.02. The molecule has 0 aromatic heterocycles. The van der Waals surface area contributed by atoms with E-state index >= 15 is 0 Å². The van der Waals surface area contributed by atoms with E-state index in [9.17, 15) is 10.2 Å². The first-order valence-electron chi connectivity index (χ1n) is 5.06. The van der Waals surface area contributed by atoms with Crippen LogP contribution in [0.4, 0.5) is 0 Å². The predicted octanol–water partition coefficient (Wildman–Crippen LogP) is 0.328. The molecule has 18 heavy (non-hydrogen) atoms. The second kappa shape index (κ2) is 5.67. The zero-order chi connectivity index (χ0) is 13.7. The average Bonchev–Trinajstić information content (AvgIpc) is 2.30. The fraction of sp³-hybridized carbons (Fsp3) is 0.182. The third kappa shape index (κ3) is 3.78. The molecule has 0 aliphatic heterocycles. The molecule has 5 N–H and O–H groups in total. The van der Waals surface area contributed by atoms with Crippen LogP contribution >= 0.6 is 0 Å². The van der Waals surface area contributed by atoms with Crippen molar-refractivity contribution in [3.8, 4) is 11.5 Å². The van der Waals surface area contributed by atoms with Gasteiger partial charge in [-0.25, -0.2) is 4.99 Å². The van der Waals surface area contributed by atoms with Crippen molar-refractivity contribution in [2.75, 3.05) is 14.1 Å². The van der Waals surface area contributed by atoms with Gasteiger partial charge in [0.05, 0.1) is 0 Å². The summed E-state index contributed by atoms with van der Waals surface area (Å²) in [6.45, 7) is 0. The number of aliphatic imine (C=N–C) groups is 2. The summed E-state index contributed by atoms with van der Waals surface area (Å²) in [6.07, 6.45) is 1.26. The second-order valence-electron chi connectivity index (χ2n) is 3.69. The van der Waals surface area contributed by atoms with Gasteiger partial charge in [0.2, 0.25) is 11.9 Å². The van der Waals surface area contributed by atoms with Crippen LogP contribution in [0.5, 0.6) is 11.5 Å². The predicted molar refractivity (Wildman–Crippen MR) is 70.4 cm³/mol. The smallest absolute Gasteiger partial charge is 0.223 e. The van der Waals surface area contributed by atoms with Gasteiger partial charge in [0, 0.05) is 25.9 Å².